The van der Waals surface area contributed by atoms with Crippen LogP contribution in [0.1, 0.15) is 12.3 Å². The maximum absolute atomic E-state index is 13.4. The highest BCUT2D eigenvalue weighted by Crippen LogP contribution is 2.16. The first-order chi connectivity index (χ1) is 12.6. The van der Waals surface area contributed by atoms with Gasteiger partial charge in [-0.3, -0.25) is 20.4 Å². The summed E-state index contributed by atoms with van der Waals surface area (Å²) in [6.45, 7) is -0.424. The number of carbonyl (C=O) groups excluding carboxylic acids is 2. The van der Waals surface area contributed by atoms with Gasteiger partial charge in [0.05, 0.1) is 0 Å². The van der Waals surface area contributed by atoms with Crippen LogP contribution >= 0.6 is 0 Å². The Morgan fingerprint density at radius 2 is 1.77 bits per heavy atom. The molecule has 3 aromatic rings. The predicted octanol–water partition coefficient (Wildman–Crippen LogP) is 2.13. The smallest absolute Gasteiger partial charge is 0.276 e. The highest BCUT2D eigenvalue weighted by Gasteiger charge is 2.10. The molecule has 0 aliphatic carbocycles. The van der Waals surface area contributed by atoms with Crippen LogP contribution < -0.4 is 15.6 Å². The van der Waals surface area contributed by atoms with Crippen molar-refractivity contribution in [2.24, 2.45) is 0 Å². The molecule has 2 N–H and O–H groups in total. The second-order valence-corrected chi connectivity index (χ2v) is 5.39. The number of aromatic nitrogens is 1. The van der Waals surface area contributed by atoms with Gasteiger partial charge in [0.1, 0.15) is 5.52 Å². The molecule has 26 heavy (non-hydrogen) atoms. The van der Waals surface area contributed by atoms with E-state index in [1.54, 1.807) is 12.1 Å². The van der Waals surface area contributed by atoms with Crippen LogP contribution in [-0.2, 0) is 16.0 Å². The van der Waals surface area contributed by atoms with Crippen molar-refractivity contribution < 1.29 is 23.1 Å². The fraction of sp³-hybridized carbons (Fsp3) is 0.167. The van der Waals surface area contributed by atoms with E-state index in [9.17, 15) is 14.0 Å². The zero-order valence-electron chi connectivity index (χ0n) is 13.7. The van der Waals surface area contributed by atoms with Gasteiger partial charge in [-0.1, -0.05) is 24.3 Å². The SMILES string of the molecule is O=C(CCc1nc2ccccc2o1)NNC(=O)COc1ccccc1F. The molecule has 134 valence electrons. The second-order valence-electron chi connectivity index (χ2n) is 5.39. The summed E-state index contributed by atoms with van der Waals surface area (Å²) >= 11 is 0. The maximum atomic E-state index is 13.4. The summed E-state index contributed by atoms with van der Waals surface area (Å²) in [5.74, 6) is -1.18. The quantitative estimate of drug-likeness (QED) is 0.659. The molecule has 1 aromatic heterocycles. The van der Waals surface area contributed by atoms with E-state index in [1.165, 1.54) is 18.2 Å². The summed E-state index contributed by atoms with van der Waals surface area (Å²) < 4.78 is 23.9. The standard InChI is InChI=1S/C18H16FN3O4/c19-12-5-1-3-7-14(12)25-11-17(24)22-21-16(23)9-10-18-20-13-6-2-4-8-15(13)26-18/h1-8H,9-11H2,(H,21,23)(H,22,24). The Hall–Kier alpha value is -3.42. The highest BCUT2D eigenvalue weighted by atomic mass is 19.1. The topological polar surface area (TPSA) is 93.5 Å². The van der Waals surface area contributed by atoms with Crippen molar-refractivity contribution in [2.45, 2.75) is 12.8 Å². The minimum absolute atomic E-state index is 0.0371. The molecule has 1 heterocycles. The number of aryl methyl sites for hydroxylation is 1. The average molecular weight is 357 g/mol. The van der Waals surface area contributed by atoms with Crippen molar-refractivity contribution in [3.63, 3.8) is 0 Å². The summed E-state index contributed by atoms with van der Waals surface area (Å²) in [4.78, 5) is 27.6. The van der Waals surface area contributed by atoms with E-state index in [-0.39, 0.29) is 12.2 Å². The number of oxazole rings is 1. The minimum Gasteiger partial charge on any atom is -0.481 e. The van der Waals surface area contributed by atoms with Crippen LogP contribution in [-0.4, -0.2) is 23.4 Å². The molecule has 0 bridgehead atoms. The van der Waals surface area contributed by atoms with E-state index in [0.717, 1.165) is 5.52 Å². The third-order valence-corrected chi connectivity index (χ3v) is 3.44. The zero-order valence-corrected chi connectivity index (χ0v) is 13.7. The van der Waals surface area contributed by atoms with Crippen molar-refractivity contribution in [3.8, 4) is 5.75 Å². The number of benzene rings is 2. The zero-order chi connectivity index (χ0) is 18.4. The Kier molecular flexibility index (Phi) is 5.43. The number of para-hydroxylation sites is 3. The molecule has 0 aliphatic rings. The third kappa shape index (κ3) is 4.56. The lowest BCUT2D eigenvalue weighted by Crippen LogP contribution is -2.43. The first kappa shape index (κ1) is 17.4. The molecule has 0 aliphatic heterocycles. The van der Waals surface area contributed by atoms with Crippen molar-refractivity contribution in [1.82, 2.24) is 15.8 Å². The van der Waals surface area contributed by atoms with Crippen LogP contribution in [0.15, 0.2) is 52.9 Å². The van der Waals surface area contributed by atoms with Crippen molar-refractivity contribution in [2.75, 3.05) is 6.61 Å². The first-order valence-electron chi connectivity index (χ1n) is 7.91. The van der Waals surface area contributed by atoms with E-state index in [1.807, 2.05) is 18.2 Å². The lowest BCUT2D eigenvalue weighted by molar-refractivity contribution is -0.130. The van der Waals surface area contributed by atoms with Gasteiger partial charge in [0.25, 0.3) is 5.91 Å². The molecule has 0 atom stereocenters. The normalized spacial score (nSPS) is 10.5. The van der Waals surface area contributed by atoms with Gasteiger partial charge in [0.2, 0.25) is 5.91 Å². The number of amides is 2. The molecule has 0 spiro atoms. The molecule has 2 aromatic carbocycles. The summed E-state index contributed by atoms with van der Waals surface area (Å²) in [5.41, 5.74) is 5.83. The van der Waals surface area contributed by atoms with Gasteiger partial charge >= 0.3 is 0 Å². The number of rotatable bonds is 6. The number of carbonyl (C=O) groups is 2. The molecular formula is C18H16FN3O4. The number of nitrogens with one attached hydrogen (secondary N) is 2. The van der Waals surface area contributed by atoms with E-state index >= 15 is 0 Å². The lowest BCUT2D eigenvalue weighted by atomic mass is 10.3. The van der Waals surface area contributed by atoms with Crippen LogP contribution in [0.25, 0.3) is 11.1 Å². The Morgan fingerprint density at radius 1 is 1.04 bits per heavy atom. The first-order valence-corrected chi connectivity index (χ1v) is 7.91. The average Bonchev–Trinajstić information content (AvgIpc) is 3.07. The molecular weight excluding hydrogens is 341 g/mol. The monoisotopic (exact) mass is 357 g/mol. The van der Waals surface area contributed by atoms with Crippen LogP contribution in [0.3, 0.4) is 0 Å². The van der Waals surface area contributed by atoms with Gasteiger partial charge in [0.15, 0.2) is 29.6 Å². The Bertz CT molecular complexity index is 892. The molecule has 0 saturated carbocycles. The number of fused-ring (bicyclic) bond motifs is 1. The molecule has 7 nitrogen and oxygen atoms in total. The number of hydrogen-bond acceptors (Lipinski definition) is 5. The fourth-order valence-electron chi connectivity index (χ4n) is 2.19. The van der Waals surface area contributed by atoms with Crippen LogP contribution in [0, 0.1) is 5.82 Å². The number of halogens is 1. The second kappa shape index (κ2) is 8.11. The van der Waals surface area contributed by atoms with Gasteiger partial charge in [-0.15, -0.1) is 0 Å². The molecule has 8 heteroatoms. The Labute approximate surface area is 148 Å². The molecule has 0 fully saturated rings. The van der Waals surface area contributed by atoms with Crippen molar-refractivity contribution in [3.05, 3.63) is 60.2 Å². The molecule has 0 saturated heterocycles. The largest absolute Gasteiger partial charge is 0.481 e. The minimum atomic E-state index is -0.608. The maximum Gasteiger partial charge on any atom is 0.276 e. The Morgan fingerprint density at radius 3 is 2.58 bits per heavy atom. The molecule has 0 unspecified atom stereocenters. The lowest BCUT2D eigenvalue weighted by Gasteiger charge is -2.08. The third-order valence-electron chi connectivity index (χ3n) is 3.44. The van der Waals surface area contributed by atoms with Crippen molar-refractivity contribution in [1.29, 1.82) is 0 Å². The van der Waals surface area contributed by atoms with Crippen LogP contribution in [0.2, 0.25) is 0 Å². The number of hydrazine groups is 1. The van der Waals surface area contributed by atoms with Gasteiger partial charge in [-0.2, -0.15) is 0 Å². The van der Waals surface area contributed by atoms with E-state index in [4.69, 9.17) is 9.15 Å². The fourth-order valence-corrected chi connectivity index (χ4v) is 2.19. The molecule has 2 amide bonds. The van der Waals surface area contributed by atoms with Gasteiger partial charge in [-0.25, -0.2) is 9.37 Å². The summed E-state index contributed by atoms with van der Waals surface area (Å²) in [7, 11) is 0. The van der Waals surface area contributed by atoms with Gasteiger partial charge < -0.3 is 9.15 Å². The summed E-state index contributed by atoms with van der Waals surface area (Å²) in [6.07, 6.45) is 0.378. The van der Waals surface area contributed by atoms with Crippen LogP contribution in [0.5, 0.6) is 5.75 Å². The highest BCUT2D eigenvalue weighted by molar-refractivity contribution is 5.82. The van der Waals surface area contributed by atoms with Crippen LogP contribution in [0.4, 0.5) is 4.39 Å². The van der Waals surface area contributed by atoms with E-state index < -0.39 is 24.2 Å². The molecule has 0 radical (unpaired) electrons. The number of nitrogens with zero attached hydrogens (tertiary/aromatic N) is 1. The summed E-state index contributed by atoms with van der Waals surface area (Å²) in [6, 6.07) is 13.0. The van der Waals surface area contributed by atoms with Crippen molar-refractivity contribution >= 4 is 22.9 Å². The van der Waals surface area contributed by atoms with E-state index in [0.29, 0.717) is 17.9 Å². The van der Waals surface area contributed by atoms with Gasteiger partial charge in [-0.05, 0) is 24.3 Å². The summed E-state index contributed by atoms with van der Waals surface area (Å²) in [5, 5.41) is 0. The van der Waals surface area contributed by atoms with E-state index in [2.05, 4.69) is 15.8 Å². The predicted molar refractivity (Wildman–Crippen MR) is 90.5 cm³/mol. The Balaban J connectivity index is 1.39. The number of hydrogen-bond donors (Lipinski definition) is 2. The molecule has 3 rings (SSSR count). The number of ether oxygens (including phenoxy) is 1. The van der Waals surface area contributed by atoms with Gasteiger partial charge in [0, 0.05) is 12.8 Å².